The second-order valence-corrected chi connectivity index (χ2v) is 4.86. The lowest BCUT2D eigenvalue weighted by molar-refractivity contribution is -0.142. The van der Waals surface area contributed by atoms with Crippen molar-refractivity contribution in [1.29, 1.82) is 0 Å². The molecule has 2 saturated heterocycles. The van der Waals surface area contributed by atoms with E-state index in [4.69, 9.17) is 4.74 Å². The van der Waals surface area contributed by atoms with Gasteiger partial charge in [0, 0.05) is 39.3 Å². The number of piperazine rings is 1. The minimum Gasteiger partial charge on any atom is -0.390 e. The Morgan fingerprint density at radius 1 is 1.19 bits per heavy atom. The highest BCUT2D eigenvalue weighted by Crippen LogP contribution is 2.16. The molecule has 2 rings (SSSR count). The SMILES string of the molecule is CN1CCN(CC2OCCC(O)C2O)CC1. The number of aliphatic hydroxyl groups is 2. The molecule has 0 amide bonds. The molecule has 0 aromatic carbocycles. The second-order valence-electron chi connectivity index (χ2n) is 4.86. The van der Waals surface area contributed by atoms with E-state index in [9.17, 15) is 10.2 Å². The lowest BCUT2D eigenvalue weighted by Gasteiger charge is -2.38. The van der Waals surface area contributed by atoms with E-state index in [0.717, 1.165) is 32.7 Å². The van der Waals surface area contributed by atoms with Crippen molar-refractivity contribution in [2.24, 2.45) is 0 Å². The zero-order valence-corrected chi connectivity index (χ0v) is 9.88. The van der Waals surface area contributed by atoms with Crippen molar-refractivity contribution in [3.05, 3.63) is 0 Å². The summed E-state index contributed by atoms with van der Waals surface area (Å²) in [7, 11) is 2.12. The molecule has 0 spiro atoms. The molecule has 3 atom stereocenters. The first-order valence-corrected chi connectivity index (χ1v) is 6.05. The van der Waals surface area contributed by atoms with Gasteiger partial charge in [0.1, 0.15) is 6.10 Å². The average molecular weight is 230 g/mol. The van der Waals surface area contributed by atoms with Crippen LogP contribution in [-0.2, 0) is 4.74 Å². The van der Waals surface area contributed by atoms with Crippen LogP contribution < -0.4 is 0 Å². The van der Waals surface area contributed by atoms with Crippen LogP contribution >= 0.6 is 0 Å². The molecule has 3 unspecified atom stereocenters. The molecule has 5 heteroatoms. The monoisotopic (exact) mass is 230 g/mol. The largest absolute Gasteiger partial charge is 0.390 e. The fourth-order valence-electron chi connectivity index (χ4n) is 2.30. The Hall–Kier alpha value is -0.200. The van der Waals surface area contributed by atoms with E-state index in [1.54, 1.807) is 0 Å². The van der Waals surface area contributed by atoms with Crippen molar-refractivity contribution in [3.63, 3.8) is 0 Å². The quantitative estimate of drug-likeness (QED) is 0.620. The van der Waals surface area contributed by atoms with Crippen LogP contribution in [0.4, 0.5) is 0 Å². The highest BCUT2D eigenvalue weighted by Gasteiger charge is 2.32. The molecule has 94 valence electrons. The maximum absolute atomic E-state index is 9.81. The third kappa shape index (κ3) is 2.93. The van der Waals surface area contributed by atoms with Crippen molar-refractivity contribution < 1.29 is 14.9 Å². The van der Waals surface area contributed by atoms with E-state index in [2.05, 4.69) is 16.8 Å². The Kier molecular flexibility index (Phi) is 4.16. The van der Waals surface area contributed by atoms with Gasteiger partial charge in [-0.1, -0.05) is 0 Å². The van der Waals surface area contributed by atoms with E-state index in [0.29, 0.717) is 13.0 Å². The highest BCUT2D eigenvalue weighted by molar-refractivity contribution is 4.84. The first-order chi connectivity index (χ1) is 7.66. The molecule has 16 heavy (non-hydrogen) atoms. The summed E-state index contributed by atoms with van der Waals surface area (Å²) in [5.41, 5.74) is 0. The fraction of sp³-hybridized carbons (Fsp3) is 1.00. The number of rotatable bonds is 2. The molecule has 0 aromatic heterocycles. The fourth-order valence-corrected chi connectivity index (χ4v) is 2.30. The molecular formula is C11H22N2O3. The Bertz CT molecular complexity index is 219. The van der Waals surface area contributed by atoms with Crippen molar-refractivity contribution >= 4 is 0 Å². The van der Waals surface area contributed by atoms with Crippen LogP contribution in [0.3, 0.4) is 0 Å². The molecule has 2 aliphatic rings. The van der Waals surface area contributed by atoms with E-state index in [-0.39, 0.29) is 6.10 Å². The molecule has 2 N–H and O–H groups in total. The summed E-state index contributed by atoms with van der Waals surface area (Å²) in [4.78, 5) is 4.59. The van der Waals surface area contributed by atoms with Gasteiger partial charge in [-0.25, -0.2) is 0 Å². The van der Waals surface area contributed by atoms with E-state index >= 15 is 0 Å². The van der Waals surface area contributed by atoms with Crippen LogP contribution in [0.15, 0.2) is 0 Å². The maximum atomic E-state index is 9.81. The van der Waals surface area contributed by atoms with Crippen LogP contribution in [-0.4, -0.2) is 84.7 Å². The van der Waals surface area contributed by atoms with Crippen molar-refractivity contribution in [3.8, 4) is 0 Å². The number of likely N-dealkylation sites (N-methyl/N-ethyl adjacent to an activating group) is 1. The third-order valence-corrected chi connectivity index (χ3v) is 3.55. The van der Waals surface area contributed by atoms with Gasteiger partial charge in [0.15, 0.2) is 0 Å². The number of aliphatic hydroxyl groups excluding tert-OH is 2. The van der Waals surface area contributed by atoms with Crippen molar-refractivity contribution in [2.45, 2.75) is 24.7 Å². The minimum atomic E-state index is -0.728. The molecule has 0 saturated carbocycles. The van der Waals surface area contributed by atoms with Crippen LogP contribution in [0.5, 0.6) is 0 Å². The maximum Gasteiger partial charge on any atom is 0.107 e. The number of nitrogens with zero attached hydrogens (tertiary/aromatic N) is 2. The van der Waals surface area contributed by atoms with Crippen molar-refractivity contribution in [2.75, 3.05) is 46.4 Å². The minimum absolute atomic E-state index is 0.229. The van der Waals surface area contributed by atoms with Crippen LogP contribution in [0, 0.1) is 0 Å². The van der Waals surface area contributed by atoms with Gasteiger partial charge < -0.3 is 19.8 Å². The molecular weight excluding hydrogens is 208 g/mol. The first-order valence-electron chi connectivity index (χ1n) is 6.05. The summed E-state index contributed by atoms with van der Waals surface area (Å²) in [6, 6.07) is 0. The van der Waals surface area contributed by atoms with E-state index < -0.39 is 12.2 Å². The first kappa shape index (κ1) is 12.3. The summed E-state index contributed by atoms with van der Waals surface area (Å²) >= 11 is 0. The Morgan fingerprint density at radius 2 is 1.88 bits per heavy atom. The molecule has 0 aromatic rings. The molecule has 0 aliphatic carbocycles. The zero-order chi connectivity index (χ0) is 11.5. The van der Waals surface area contributed by atoms with Crippen LogP contribution in [0.2, 0.25) is 0 Å². The Morgan fingerprint density at radius 3 is 2.56 bits per heavy atom. The predicted molar refractivity (Wildman–Crippen MR) is 60.3 cm³/mol. The van der Waals surface area contributed by atoms with Gasteiger partial charge in [0.25, 0.3) is 0 Å². The van der Waals surface area contributed by atoms with Gasteiger partial charge in [0.05, 0.1) is 12.2 Å². The summed E-state index contributed by atoms with van der Waals surface area (Å²) in [6.45, 7) is 5.43. The second kappa shape index (κ2) is 5.42. The average Bonchev–Trinajstić information content (AvgIpc) is 2.28. The normalized spacial score (nSPS) is 38.8. The molecule has 2 fully saturated rings. The highest BCUT2D eigenvalue weighted by atomic mass is 16.5. The zero-order valence-electron chi connectivity index (χ0n) is 9.88. The van der Waals surface area contributed by atoms with Crippen molar-refractivity contribution in [1.82, 2.24) is 9.80 Å². The molecule has 2 aliphatic heterocycles. The van der Waals surface area contributed by atoms with Crippen LogP contribution in [0.25, 0.3) is 0 Å². The Balaban J connectivity index is 1.80. The molecule has 0 radical (unpaired) electrons. The van der Waals surface area contributed by atoms with Crippen LogP contribution in [0.1, 0.15) is 6.42 Å². The standard InChI is InChI=1S/C11H22N2O3/c1-12-3-5-13(6-4-12)8-10-11(15)9(14)2-7-16-10/h9-11,14-15H,2-8H2,1H3. The molecule has 0 bridgehead atoms. The molecule has 5 nitrogen and oxygen atoms in total. The molecule has 2 heterocycles. The van der Waals surface area contributed by atoms with Gasteiger partial charge in [-0.05, 0) is 13.5 Å². The third-order valence-electron chi connectivity index (χ3n) is 3.55. The summed E-state index contributed by atoms with van der Waals surface area (Å²) in [6.07, 6.45) is -1.03. The summed E-state index contributed by atoms with van der Waals surface area (Å²) < 4.78 is 5.52. The lowest BCUT2D eigenvalue weighted by Crippen LogP contribution is -2.53. The number of hydrogen-bond acceptors (Lipinski definition) is 5. The summed E-state index contributed by atoms with van der Waals surface area (Å²) in [5, 5.41) is 19.4. The van der Waals surface area contributed by atoms with E-state index in [1.165, 1.54) is 0 Å². The van der Waals surface area contributed by atoms with E-state index in [1.807, 2.05) is 0 Å². The van der Waals surface area contributed by atoms with Gasteiger partial charge >= 0.3 is 0 Å². The topological polar surface area (TPSA) is 56.2 Å². The number of ether oxygens (including phenoxy) is 1. The van der Waals surface area contributed by atoms with Gasteiger partial charge in [0.2, 0.25) is 0 Å². The Labute approximate surface area is 96.6 Å². The predicted octanol–water partition coefficient (Wildman–Crippen LogP) is -1.26. The van der Waals surface area contributed by atoms with Gasteiger partial charge in [-0.3, -0.25) is 4.90 Å². The van der Waals surface area contributed by atoms with Gasteiger partial charge in [-0.2, -0.15) is 0 Å². The summed E-state index contributed by atoms with van der Waals surface area (Å²) in [5.74, 6) is 0. The lowest BCUT2D eigenvalue weighted by atomic mass is 10.0. The number of hydrogen-bond donors (Lipinski definition) is 2. The van der Waals surface area contributed by atoms with Gasteiger partial charge in [-0.15, -0.1) is 0 Å². The smallest absolute Gasteiger partial charge is 0.107 e.